The second kappa shape index (κ2) is 7.25. The van der Waals surface area contributed by atoms with E-state index in [4.69, 9.17) is 0 Å². The molecule has 0 radical (unpaired) electrons. The summed E-state index contributed by atoms with van der Waals surface area (Å²) in [4.78, 5) is 13.9. The summed E-state index contributed by atoms with van der Waals surface area (Å²) in [5.74, 6) is 0.674. The molecule has 1 rings (SSSR count). The van der Waals surface area contributed by atoms with Gasteiger partial charge in [-0.2, -0.15) is 0 Å². The van der Waals surface area contributed by atoms with E-state index in [0.29, 0.717) is 18.5 Å². The first-order chi connectivity index (χ1) is 8.08. The molecular weight excluding hydrogens is 214 g/mol. The summed E-state index contributed by atoms with van der Waals surface area (Å²) in [7, 11) is 0. The fraction of sp³-hybridized carbons (Fsp3) is 0.615. The van der Waals surface area contributed by atoms with Gasteiger partial charge in [-0.15, -0.1) is 0 Å². The molecule has 0 fully saturated rings. The van der Waals surface area contributed by atoms with Gasteiger partial charge < -0.3 is 15.6 Å². The summed E-state index contributed by atoms with van der Waals surface area (Å²) in [6.45, 7) is 9.19. The molecule has 1 atom stereocenters. The smallest absolute Gasteiger partial charge is 0.248 e. The normalized spacial score (nSPS) is 12.9. The molecule has 1 heterocycles. The topological polar surface area (TPSA) is 56.9 Å². The molecular formula is C13H23N3O. The molecule has 4 heteroatoms. The number of H-pyrrole nitrogens is 1. The Hall–Kier alpha value is -1.13. The zero-order chi connectivity index (χ0) is 12.7. The van der Waals surface area contributed by atoms with E-state index < -0.39 is 0 Å². The van der Waals surface area contributed by atoms with E-state index in [2.05, 4.69) is 36.4 Å². The number of rotatable bonds is 7. The van der Waals surface area contributed by atoms with E-state index >= 15 is 0 Å². The van der Waals surface area contributed by atoms with Crippen LogP contribution in [0, 0.1) is 5.92 Å². The van der Waals surface area contributed by atoms with Crippen LogP contribution in [0.1, 0.15) is 26.5 Å². The highest BCUT2D eigenvalue weighted by molar-refractivity contribution is 5.03. The average molecular weight is 237 g/mol. The van der Waals surface area contributed by atoms with Gasteiger partial charge >= 0.3 is 0 Å². The summed E-state index contributed by atoms with van der Waals surface area (Å²) < 4.78 is 0. The number of aromatic nitrogens is 1. The van der Waals surface area contributed by atoms with Crippen LogP contribution in [0.5, 0.6) is 0 Å². The van der Waals surface area contributed by atoms with Crippen LogP contribution < -0.4 is 16.2 Å². The third-order valence-electron chi connectivity index (χ3n) is 2.47. The Morgan fingerprint density at radius 3 is 2.65 bits per heavy atom. The standard InChI is InChI=1S/C13H23N3O/c1-10(2)7-14-8-11(3)15-9-12-5-4-6-13(17)16-12/h4-6,10-11,14-15H,7-9H2,1-3H3,(H,16,17). The van der Waals surface area contributed by atoms with E-state index in [9.17, 15) is 4.79 Å². The Labute approximate surface area is 103 Å². The molecule has 0 aromatic carbocycles. The molecule has 0 saturated heterocycles. The Kier molecular flexibility index (Phi) is 5.94. The summed E-state index contributed by atoms with van der Waals surface area (Å²) in [6, 6.07) is 5.61. The molecule has 0 aliphatic carbocycles. The lowest BCUT2D eigenvalue weighted by atomic mass is 10.2. The van der Waals surface area contributed by atoms with Crippen LogP contribution in [0.3, 0.4) is 0 Å². The molecule has 1 aromatic rings. The lowest BCUT2D eigenvalue weighted by Gasteiger charge is -2.15. The summed E-state index contributed by atoms with van der Waals surface area (Å²) in [5.41, 5.74) is 0.878. The van der Waals surface area contributed by atoms with Crippen LogP contribution in [0.2, 0.25) is 0 Å². The summed E-state index contributed by atoms with van der Waals surface area (Å²) in [5, 5.41) is 6.77. The number of pyridine rings is 1. The SMILES string of the molecule is CC(C)CNCC(C)NCc1cccc(=O)[nH]1. The predicted octanol–water partition coefficient (Wildman–Crippen LogP) is 1.10. The molecule has 0 aliphatic rings. The highest BCUT2D eigenvalue weighted by Gasteiger charge is 2.02. The molecule has 1 unspecified atom stereocenters. The van der Waals surface area contributed by atoms with Crippen molar-refractivity contribution in [3.8, 4) is 0 Å². The Bertz CT molecular complexity index is 373. The van der Waals surface area contributed by atoms with Gasteiger partial charge in [0.25, 0.3) is 0 Å². The van der Waals surface area contributed by atoms with Crippen LogP contribution >= 0.6 is 0 Å². The number of hydrogen-bond donors (Lipinski definition) is 3. The molecule has 4 nitrogen and oxygen atoms in total. The third kappa shape index (κ3) is 6.24. The molecule has 96 valence electrons. The van der Waals surface area contributed by atoms with E-state index in [0.717, 1.165) is 18.8 Å². The first-order valence-electron chi connectivity index (χ1n) is 6.20. The van der Waals surface area contributed by atoms with Crippen LogP contribution in [0.4, 0.5) is 0 Å². The van der Waals surface area contributed by atoms with Gasteiger partial charge in [0.1, 0.15) is 0 Å². The van der Waals surface area contributed by atoms with Gasteiger partial charge in [-0.1, -0.05) is 19.9 Å². The molecule has 0 amide bonds. The lowest BCUT2D eigenvalue weighted by Crippen LogP contribution is -2.37. The zero-order valence-electron chi connectivity index (χ0n) is 10.9. The second-order valence-corrected chi connectivity index (χ2v) is 4.87. The molecule has 0 spiro atoms. The van der Waals surface area contributed by atoms with Crippen molar-refractivity contribution in [1.82, 2.24) is 15.6 Å². The minimum absolute atomic E-state index is 0.0464. The van der Waals surface area contributed by atoms with Crippen LogP contribution in [-0.4, -0.2) is 24.1 Å². The molecule has 3 N–H and O–H groups in total. The van der Waals surface area contributed by atoms with Crippen molar-refractivity contribution in [1.29, 1.82) is 0 Å². The lowest BCUT2D eigenvalue weighted by molar-refractivity contribution is 0.470. The Balaban J connectivity index is 2.23. The van der Waals surface area contributed by atoms with Gasteiger partial charge in [-0.25, -0.2) is 0 Å². The van der Waals surface area contributed by atoms with E-state index in [1.165, 1.54) is 6.07 Å². The van der Waals surface area contributed by atoms with Crippen molar-refractivity contribution in [2.75, 3.05) is 13.1 Å². The Morgan fingerprint density at radius 1 is 1.24 bits per heavy atom. The van der Waals surface area contributed by atoms with Gasteiger partial charge in [-0.05, 0) is 25.5 Å². The van der Waals surface area contributed by atoms with Crippen molar-refractivity contribution in [2.45, 2.75) is 33.4 Å². The molecule has 17 heavy (non-hydrogen) atoms. The second-order valence-electron chi connectivity index (χ2n) is 4.87. The molecule has 0 bridgehead atoms. The quantitative estimate of drug-likeness (QED) is 0.665. The average Bonchev–Trinajstić information content (AvgIpc) is 2.26. The van der Waals surface area contributed by atoms with Gasteiger partial charge in [0, 0.05) is 30.9 Å². The highest BCUT2D eigenvalue weighted by atomic mass is 16.1. The predicted molar refractivity (Wildman–Crippen MR) is 71.1 cm³/mol. The van der Waals surface area contributed by atoms with Crippen molar-refractivity contribution in [2.24, 2.45) is 5.92 Å². The first-order valence-corrected chi connectivity index (χ1v) is 6.20. The summed E-state index contributed by atoms with van der Waals surface area (Å²) in [6.07, 6.45) is 0. The van der Waals surface area contributed by atoms with Gasteiger partial charge in [0.15, 0.2) is 0 Å². The molecule has 0 aliphatic heterocycles. The zero-order valence-corrected chi connectivity index (χ0v) is 10.9. The number of hydrogen-bond acceptors (Lipinski definition) is 3. The molecule has 1 aromatic heterocycles. The number of nitrogens with one attached hydrogen (secondary N) is 3. The Morgan fingerprint density at radius 2 is 2.00 bits per heavy atom. The monoisotopic (exact) mass is 237 g/mol. The highest BCUT2D eigenvalue weighted by Crippen LogP contribution is 1.91. The van der Waals surface area contributed by atoms with E-state index in [1.54, 1.807) is 6.07 Å². The fourth-order valence-corrected chi connectivity index (χ4v) is 1.54. The van der Waals surface area contributed by atoms with E-state index in [1.807, 2.05) is 6.07 Å². The molecule has 0 saturated carbocycles. The summed E-state index contributed by atoms with van der Waals surface area (Å²) >= 11 is 0. The third-order valence-corrected chi connectivity index (χ3v) is 2.47. The van der Waals surface area contributed by atoms with Crippen LogP contribution in [0.25, 0.3) is 0 Å². The largest absolute Gasteiger partial charge is 0.325 e. The van der Waals surface area contributed by atoms with Crippen molar-refractivity contribution < 1.29 is 0 Å². The van der Waals surface area contributed by atoms with Gasteiger partial charge in [0.05, 0.1) is 0 Å². The maximum absolute atomic E-state index is 11.1. The number of aromatic amines is 1. The maximum Gasteiger partial charge on any atom is 0.248 e. The minimum atomic E-state index is -0.0464. The van der Waals surface area contributed by atoms with Gasteiger partial charge in [0.2, 0.25) is 5.56 Å². The maximum atomic E-state index is 11.1. The van der Waals surface area contributed by atoms with Crippen molar-refractivity contribution in [3.05, 3.63) is 34.2 Å². The van der Waals surface area contributed by atoms with Crippen molar-refractivity contribution >= 4 is 0 Å². The van der Waals surface area contributed by atoms with Gasteiger partial charge in [-0.3, -0.25) is 4.79 Å². The minimum Gasteiger partial charge on any atom is -0.325 e. The van der Waals surface area contributed by atoms with E-state index in [-0.39, 0.29) is 5.56 Å². The van der Waals surface area contributed by atoms with Crippen molar-refractivity contribution in [3.63, 3.8) is 0 Å². The van der Waals surface area contributed by atoms with Crippen LogP contribution in [0.15, 0.2) is 23.0 Å². The first kappa shape index (κ1) is 13.9. The fourth-order valence-electron chi connectivity index (χ4n) is 1.54. The van der Waals surface area contributed by atoms with Crippen LogP contribution in [-0.2, 0) is 6.54 Å².